The molecular weight excluding hydrogens is 274 g/mol. The van der Waals surface area contributed by atoms with Gasteiger partial charge < -0.3 is 5.32 Å². The van der Waals surface area contributed by atoms with Crippen LogP contribution in [0, 0.1) is 5.92 Å². The first-order valence-corrected chi connectivity index (χ1v) is 7.23. The Morgan fingerprint density at radius 3 is 2.75 bits per heavy atom. The van der Waals surface area contributed by atoms with Gasteiger partial charge in [-0.15, -0.1) is 10.2 Å². The zero-order chi connectivity index (χ0) is 14.4. The van der Waals surface area contributed by atoms with Crippen LogP contribution in [0.2, 0.25) is 5.02 Å². The summed E-state index contributed by atoms with van der Waals surface area (Å²) in [6.45, 7) is 3.97. The van der Waals surface area contributed by atoms with Crippen LogP contribution in [0.3, 0.4) is 0 Å². The first-order chi connectivity index (χ1) is 9.69. The van der Waals surface area contributed by atoms with E-state index in [1.54, 1.807) is 7.05 Å². The van der Waals surface area contributed by atoms with Crippen molar-refractivity contribution in [2.75, 3.05) is 13.1 Å². The monoisotopic (exact) mass is 293 g/mol. The maximum absolute atomic E-state index is 6.24. The number of tetrazole rings is 1. The standard InChI is InChI=1S/C14H20ClN5/c1-3-16-10-11(9-14-17-19-20(2)18-14)8-12-6-4-5-7-13(12)15/h4-7,11,16H,3,8-10H2,1-2H3. The molecule has 0 amide bonds. The van der Waals surface area contributed by atoms with Crippen molar-refractivity contribution in [2.24, 2.45) is 13.0 Å². The molecule has 1 aromatic heterocycles. The van der Waals surface area contributed by atoms with Crippen molar-refractivity contribution >= 4 is 11.6 Å². The fraction of sp³-hybridized carbons (Fsp3) is 0.500. The van der Waals surface area contributed by atoms with Crippen molar-refractivity contribution in [3.8, 4) is 0 Å². The highest BCUT2D eigenvalue weighted by Gasteiger charge is 2.15. The van der Waals surface area contributed by atoms with Crippen molar-refractivity contribution < 1.29 is 0 Å². The highest BCUT2D eigenvalue weighted by molar-refractivity contribution is 6.31. The molecular formula is C14H20ClN5. The summed E-state index contributed by atoms with van der Waals surface area (Å²) >= 11 is 6.24. The van der Waals surface area contributed by atoms with Gasteiger partial charge in [0.1, 0.15) is 0 Å². The van der Waals surface area contributed by atoms with E-state index in [1.165, 1.54) is 10.4 Å². The summed E-state index contributed by atoms with van der Waals surface area (Å²) in [5.41, 5.74) is 1.17. The second-order valence-corrected chi connectivity index (χ2v) is 5.28. The van der Waals surface area contributed by atoms with Gasteiger partial charge in [-0.25, -0.2) is 0 Å². The van der Waals surface area contributed by atoms with E-state index in [1.807, 2.05) is 18.2 Å². The van der Waals surface area contributed by atoms with Gasteiger partial charge in [0, 0.05) is 11.4 Å². The molecule has 0 fully saturated rings. The molecule has 1 N–H and O–H groups in total. The average Bonchev–Trinajstić information content (AvgIpc) is 2.84. The number of hydrogen-bond donors (Lipinski definition) is 1. The molecule has 0 spiro atoms. The highest BCUT2D eigenvalue weighted by Crippen LogP contribution is 2.20. The summed E-state index contributed by atoms with van der Waals surface area (Å²) in [4.78, 5) is 1.50. The predicted molar refractivity (Wildman–Crippen MR) is 79.7 cm³/mol. The number of aryl methyl sites for hydroxylation is 1. The van der Waals surface area contributed by atoms with E-state index in [2.05, 4.69) is 33.7 Å². The smallest absolute Gasteiger partial charge is 0.175 e. The van der Waals surface area contributed by atoms with Crippen LogP contribution in [-0.2, 0) is 19.9 Å². The molecule has 5 nitrogen and oxygen atoms in total. The van der Waals surface area contributed by atoms with E-state index < -0.39 is 0 Å². The van der Waals surface area contributed by atoms with Crippen molar-refractivity contribution in [1.29, 1.82) is 0 Å². The van der Waals surface area contributed by atoms with Crippen molar-refractivity contribution in [1.82, 2.24) is 25.5 Å². The van der Waals surface area contributed by atoms with E-state index in [0.717, 1.165) is 36.8 Å². The third-order valence-corrected chi connectivity index (χ3v) is 3.54. The zero-order valence-corrected chi connectivity index (χ0v) is 12.6. The minimum absolute atomic E-state index is 0.402. The number of halogens is 1. The van der Waals surface area contributed by atoms with Crippen LogP contribution in [0.5, 0.6) is 0 Å². The Balaban J connectivity index is 2.05. The van der Waals surface area contributed by atoms with Gasteiger partial charge in [0.05, 0.1) is 7.05 Å². The Labute approximate surface area is 124 Å². The fourth-order valence-corrected chi connectivity index (χ4v) is 2.42. The molecule has 0 radical (unpaired) electrons. The van der Waals surface area contributed by atoms with Crippen LogP contribution in [0.15, 0.2) is 24.3 Å². The Morgan fingerprint density at radius 2 is 2.10 bits per heavy atom. The van der Waals surface area contributed by atoms with E-state index in [-0.39, 0.29) is 0 Å². The van der Waals surface area contributed by atoms with Gasteiger partial charge in [0.15, 0.2) is 5.82 Å². The van der Waals surface area contributed by atoms with Crippen LogP contribution in [0.4, 0.5) is 0 Å². The molecule has 20 heavy (non-hydrogen) atoms. The number of hydrogen-bond acceptors (Lipinski definition) is 4. The van der Waals surface area contributed by atoms with E-state index in [9.17, 15) is 0 Å². The molecule has 2 rings (SSSR count). The van der Waals surface area contributed by atoms with E-state index in [0.29, 0.717) is 5.92 Å². The average molecular weight is 294 g/mol. The van der Waals surface area contributed by atoms with Crippen molar-refractivity contribution in [2.45, 2.75) is 19.8 Å². The van der Waals surface area contributed by atoms with Gasteiger partial charge in [0.25, 0.3) is 0 Å². The van der Waals surface area contributed by atoms with Crippen LogP contribution in [0.25, 0.3) is 0 Å². The zero-order valence-electron chi connectivity index (χ0n) is 11.9. The van der Waals surface area contributed by atoms with Gasteiger partial charge in [-0.1, -0.05) is 36.7 Å². The second-order valence-electron chi connectivity index (χ2n) is 4.87. The third kappa shape index (κ3) is 4.28. The topological polar surface area (TPSA) is 55.6 Å². The second kappa shape index (κ2) is 7.36. The minimum atomic E-state index is 0.402. The van der Waals surface area contributed by atoms with Crippen LogP contribution in [-0.4, -0.2) is 33.3 Å². The molecule has 2 aromatic rings. The highest BCUT2D eigenvalue weighted by atomic mass is 35.5. The maximum Gasteiger partial charge on any atom is 0.175 e. The van der Waals surface area contributed by atoms with E-state index in [4.69, 9.17) is 11.6 Å². The molecule has 0 aliphatic carbocycles. The Hall–Kier alpha value is -1.46. The molecule has 0 saturated heterocycles. The number of nitrogens with zero attached hydrogens (tertiary/aromatic N) is 4. The lowest BCUT2D eigenvalue weighted by Gasteiger charge is -2.16. The van der Waals surface area contributed by atoms with Gasteiger partial charge in [-0.3, -0.25) is 0 Å². The number of aromatic nitrogens is 4. The van der Waals surface area contributed by atoms with E-state index >= 15 is 0 Å². The molecule has 1 heterocycles. The minimum Gasteiger partial charge on any atom is -0.317 e. The first-order valence-electron chi connectivity index (χ1n) is 6.86. The lowest BCUT2D eigenvalue weighted by atomic mass is 9.95. The number of rotatable bonds is 7. The van der Waals surface area contributed by atoms with Gasteiger partial charge in [-0.2, -0.15) is 4.80 Å². The Kier molecular flexibility index (Phi) is 5.49. The van der Waals surface area contributed by atoms with Crippen LogP contribution >= 0.6 is 11.6 Å². The fourth-order valence-electron chi connectivity index (χ4n) is 2.20. The summed E-state index contributed by atoms with van der Waals surface area (Å²) in [6.07, 6.45) is 1.71. The Morgan fingerprint density at radius 1 is 1.30 bits per heavy atom. The molecule has 0 aliphatic heterocycles. The van der Waals surface area contributed by atoms with Gasteiger partial charge >= 0.3 is 0 Å². The Bertz CT molecular complexity index is 540. The summed E-state index contributed by atoms with van der Waals surface area (Å²) in [6, 6.07) is 7.98. The van der Waals surface area contributed by atoms with Gasteiger partial charge in [0.2, 0.25) is 0 Å². The SMILES string of the molecule is CCNCC(Cc1nnn(C)n1)Cc1ccccc1Cl. The maximum atomic E-state index is 6.24. The molecule has 108 valence electrons. The van der Waals surface area contributed by atoms with Gasteiger partial charge in [-0.05, 0) is 42.3 Å². The van der Waals surface area contributed by atoms with Crippen LogP contribution < -0.4 is 5.32 Å². The molecule has 6 heteroatoms. The molecule has 0 bridgehead atoms. The number of nitrogens with one attached hydrogen (secondary N) is 1. The lowest BCUT2D eigenvalue weighted by molar-refractivity contribution is 0.467. The third-order valence-electron chi connectivity index (χ3n) is 3.17. The lowest BCUT2D eigenvalue weighted by Crippen LogP contribution is -2.26. The molecule has 0 saturated carbocycles. The largest absolute Gasteiger partial charge is 0.317 e. The molecule has 0 aliphatic rings. The summed E-state index contributed by atoms with van der Waals surface area (Å²) < 4.78 is 0. The summed E-state index contributed by atoms with van der Waals surface area (Å²) in [7, 11) is 1.78. The molecule has 1 unspecified atom stereocenters. The number of benzene rings is 1. The van der Waals surface area contributed by atoms with Crippen molar-refractivity contribution in [3.63, 3.8) is 0 Å². The normalized spacial score (nSPS) is 12.6. The summed E-state index contributed by atoms with van der Waals surface area (Å²) in [5.74, 6) is 1.18. The summed E-state index contributed by atoms with van der Waals surface area (Å²) in [5, 5.41) is 16.4. The first kappa shape index (κ1) is 14.9. The van der Waals surface area contributed by atoms with Crippen molar-refractivity contribution in [3.05, 3.63) is 40.7 Å². The quantitative estimate of drug-likeness (QED) is 0.847. The van der Waals surface area contributed by atoms with Crippen LogP contribution in [0.1, 0.15) is 18.3 Å². The molecule has 1 aromatic carbocycles. The molecule has 1 atom stereocenters. The predicted octanol–water partition coefficient (Wildman–Crippen LogP) is 1.87.